The summed E-state index contributed by atoms with van der Waals surface area (Å²) in [5.74, 6) is 0. The van der Waals surface area contributed by atoms with Crippen molar-refractivity contribution in [3.05, 3.63) is 247 Å². The van der Waals surface area contributed by atoms with Crippen LogP contribution in [0.3, 0.4) is 0 Å². The summed E-state index contributed by atoms with van der Waals surface area (Å²) in [4.78, 5) is 4.23. The predicted molar refractivity (Wildman–Crippen MR) is 307 cm³/mol. The van der Waals surface area contributed by atoms with Crippen molar-refractivity contribution in [3.8, 4) is 39.9 Å². The van der Waals surface area contributed by atoms with Gasteiger partial charge in [-0.15, -0.1) is 0 Å². The number of nitrogens with zero attached hydrogens (tertiary/aromatic N) is 6. The molecule has 0 radical (unpaired) electrons. The van der Waals surface area contributed by atoms with Crippen LogP contribution in [-0.4, -0.2) is 18.3 Å². The van der Waals surface area contributed by atoms with Gasteiger partial charge in [-0.1, -0.05) is 169 Å². The van der Waals surface area contributed by atoms with Gasteiger partial charge < -0.3 is 22.7 Å². The standard InChI is InChI=1S/C68H38N6O/c1-70-62-63(71-54-28-12-5-21-43(54)44-22-6-13-29-55(44)71)53(40-69)64(72-56-30-14-7-23-45(56)46-24-8-15-31-57(46)72)67(66(62)73-58-32-16-9-25-47(58)48-26-10-17-33-59(48)73)74-60-38-35-42(41-19-3-2-4-20-41)39-52(60)50-36-37-51-49-27-11-18-34-61(49)75-68(51)65(50)74/h2-39H/i5D,6D,7D,8D,9D,10D,12D,13D,14D,15D,16D,17D,21D,22D,23D,24D,25D,26D,28D,29D,30D,31D,32D,33D. The van der Waals surface area contributed by atoms with Crippen molar-refractivity contribution in [2.24, 2.45) is 0 Å². The topological polar surface area (TPSA) is 61.0 Å². The summed E-state index contributed by atoms with van der Waals surface area (Å²) in [6.45, 7) is 9.88. The number of para-hydroxylation sites is 7. The number of hydrogen-bond donors (Lipinski definition) is 0. The first-order valence-electron chi connectivity index (χ1n) is 35.1. The van der Waals surface area contributed by atoms with Gasteiger partial charge in [0.2, 0.25) is 5.69 Å². The zero-order valence-electron chi connectivity index (χ0n) is 62.2. The van der Waals surface area contributed by atoms with Gasteiger partial charge in [-0.3, -0.25) is 0 Å². The van der Waals surface area contributed by atoms with Crippen molar-refractivity contribution in [2.75, 3.05) is 0 Å². The Morgan fingerprint density at radius 1 is 0.400 bits per heavy atom. The molecule has 7 nitrogen and oxygen atoms in total. The number of hydrogen-bond acceptors (Lipinski definition) is 2. The van der Waals surface area contributed by atoms with E-state index in [0.717, 1.165) is 13.7 Å². The average molecular weight is 979 g/mol. The van der Waals surface area contributed by atoms with Crippen LogP contribution in [0.15, 0.2) is 234 Å². The lowest BCUT2D eigenvalue weighted by molar-refractivity contribution is 0.671. The molecule has 0 N–H and O–H groups in total. The first-order valence-corrected chi connectivity index (χ1v) is 23.1. The minimum Gasteiger partial charge on any atom is -0.454 e. The highest BCUT2D eigenvalue weighted by atomic mass is 16.3. The van der Waals surface area contributed by atoms with Gasteiger partial charge in [0, 0.05) is 53.9 Å². The maximum atomic E-state index is 12.9. The average Bonchev–Trinajstić information content (AvgIpc) is 1.54. The highest BCUT2D eigenvalue weighted by Gasteiger charge is 2.35. The second-order valence-corrected chi connectivity index (χ2v) is 17.6. The van der Waals surface area contributed by atoms with E-state index in [1.165, 1.54) is 4.57 Å². The van der Waals surface area contributed by atoms with Crippen molar-refractivity contribution in [1.82, 2.24) is 18.3 Å². The largest absolute Gasteiger partial charge is 0.454 e. The van der Waals surface area contributed by atoms with Gasteiger partial charge in [0.1, 0.15) is 11.7 Å². The number of aromatic nitrogens is 4. The SMILES string of the molecule is [2H]c1c([2H])c([2H])c2c(c1[2H])c1c([2H])c([2H])c([2H])c([2H])c1n2-c1c(C#N)c(-n2c3c([2H])c([2H])c([2H])c([2H])c3c3c([2H])c([2H])c([2H])c([2H])c32)c(-n2c3ccc(-c4ccccc4)cc3c3ccc4c5ccccc5oc4c32)c(-n2c3c([2H])c([2H])c([2H])c([2H])c3c3c([2H])c([2H])c([2H])c([2H])c32)c1[N+]#[C-]. The molecule has 0 aliphatic rings. The van der Waals surface area contributed by atoms with E-state index in [9.17, 15) is 36.5 Å². The lowest BCUT2D eigenvalue weighted by Gasteiger charge is -2.27. The Balaban J connectivity index is 1.35. The molecule has 0 aliphatic carbocycles. The Morgan fingerprint density at radius 2 is 0.867 bits per heavy atom. The van der Waals surface area contributed by atoms with Gasteiger partial charge in [-0.2, -0.15) is 5.26 Å². The van der Waals surface area contributed by atoms with Gasteiger partial charge in [-0.05, 0) is 71.6 Å². The monoisotopic (exact) mass is 978 g/mol. The Bertz CT molecular complexity index is 6260. The molecule has 0 aliphatic heterocycles. The molecule has 0 bridgehead atoms. The maximum absolute atomic E-state index is 12.9. The molecule has 0 amide bonds. The van der Waals surface area contributed by atoms with Crippen molar-refractivity contribution in [2.45, 2.75) is 0 Å². The molecule has 75 heavy (non-hydrogen) atoms. The van der Waals surface area contributed by atoms with Gasteiger partial charge in [-0.25, -0.2) is 4.85 Å². The number of fused-ring (bicyclic) bond motifs is 16. The van der Waals surface area contributed by atoms with Crippen LogP contribution in [0.2, 0.25) is 0 Å². The lowest BCUT2D eigenvalue weighted by atomic mass is 10.0. The van der Waals surface area contributed by atoms with Crippen LogP contribution in [0.5, 0.6) is 0 Å². The van der Waals surface area contributed by atoms with E-state index in [1.54, 1.807) is 48.5 Å². The van der Waals surface area contributed by atoms with E-state index < -0.39 is 244 Å². The van der Waals surface area contributed by atoms with Crippen LogP contribution >= 0.6 is 0 Å². The molecule has 5 aromatic heterocycles. The van der Waals surface area contributed by atoms with Crippen LogP contribution in [0.4, 0.5) is 5.69 Å². The first kappa shape index (κ1) is 24.2. The summed E-state index contributed by atoms with van der Waals surface area (Å²) in [6.07, 6.45) is 0. The minimum absolute atomic E-state index is 0.0493. The molecule has 0 atom stereocenters. The molecule has 11 aromatic carbocycles. The lowest BCUT2D eigenvalue weighted by Crippen LogP contribution is -2.14. The third kappa shape index (κ3) is 5.50. The number of furan rings is 1. The number of rotatable bonds is 5. The van der Waals surface area contributed by atoms with E-state index in [2.05, 4.69) is 10.9 Å². The van der Waals surface area contributed by atoms with Crippen molar-refractivity contribution in [3.63, 3.8) is 0 Å². The van der Waals surface area contributed by atoms with Crippen molar-refractivity contribution < 1.29 is 37.3 Å². The first-order chi connectivity index (χ1) is 47.2. The smallest absolute Gasteiger partial charge is 0.237 e. The molecule has 5 heterocycles. The second kappa shape index (κ2) is 15.5. The molecule has 0 saturated heterocycles. The molecule has 16 rings (SSSR count). The minimum atomic E-state index is -0.967. The van der Waals surface area contributed by atoms with Gasteiger partial charge in [0.15, 0.2) is 5.58 Å². The van der Waals surface area contributed by atoms with E-state index in [1.807, 2.05) is 36.4 Å². The highest BCUT2D eigenvalue weighted by molar-refractivity contribution is 6.23. The Kier molecular flexibility index (Phi) is 4.99. The summed E-state index contributed by atoms with van der Waals surface area (Å²) in [6, 6.07) is 4.93. The number of benzene rings is 11. The summed E-state index contributed by atoms with van der Waals surface area (Å²) in [7, 11) is 0. The van der Waals surface area contributed by atoms with Crippen LogP contribution in [0.1, 0.15) is 38.5 Å². The van der Waals surface area contributed by atoms with Crippen LogP contribution in [-0.2, 0) is 0 Å². The zero-order valence-corrected chi connectivity index (χ0v) is 38.2. The Morgan fingerprint density at radius 3 is 1.39 bits per heavy atom. The molecule has 0 fully saturated rings. The van der Waals surface area contributed by atoms with Gasteiger partial charge in [0.05, 0.1) is 112 Å². The van der Waals surface area contributed by atoms with E-state index in [-0.39, 0.29) is 16.6 Å². The fourth-order valence-electron chi connectivity index (χ4n) is 11.0. The summed E-state index contributed by atoms with van der Waals surface area (Å²) >= 11 is 0. The fourth-order valence-corrected chi connectivity index (χ4v) is 11.0. The molecular formula is C68H38N6O. The predicted octanol–water partition coefficient (Wildman–Crippen LogP) is 18.1. The fraction of sp³-hybridized carbons (Fsp3) is 0. The molecule has 0 unspecified atom stereocenters. The summed E-state index contributed by atoms with van der Waals surface area (Å²) in [5, 5.41) is 11.2. The quantitative estimate of drug-likeness (QED) is 0.161. The summed E-state index contributed by atoms with van der Waals surface area (Å²) in [5.41, 5.74) is -7.09. The van der Waals surface area contributed by atoms with E-state index in [4.69, 9.17) is 12.6 Å². The van der Waals surface area contributed by atoms with Crippen molar-refractivity contribution >= 4 is 115 Å². The molecule has 346 valence electrons. The Hall–Kier alpha value is -10.6. The zero-order chi connectivity index (χ0) is 70.4. The third-order valence-electron chi connectivity index (χ3n) is 14.0. The van der Waals surface area contributed by atoms with E-state index in [0.29, 0.717) is 38.3 Å². The van der Waals surface area contributed by atoms with Crippen LogP contribution in [0, 0.1) is 17.9 Å². The van der Waals surface area contributed by atoms with E-state index >= 15 is 0 Å². The molecule has 0 saturated carbocycles. The van der Waals surface area contributed by atoms with Crippen LogP contribution in [0.25, 0.3) is 148 Å². The normalized spacial score (nSPS) is 16.5. The molecule has 16 aromatic rings. The second-order valence-electron chi connectivity index (χ2n) is 17.6. The summed E-state index contributed by atoms with van der Waals surface area (Å²) < 4.78 is 240. The van der Waals surface area contributed by atoms with Crippen LogP contribution < -0.4 is 0 Å². The molecule has 0 spiro atoms. The third-order valence-corrected chi connectivity index (χ3v) is 14.0. The number of nitriles is 1. The van der Waals surface area contributed by atoms with Crippen molar-refractivity contribution in [1.29, 1.82) is 5.26 Å². The van der Waals surface area contributed by atoms with Gasteiger partial charge >= 0.3 is 0 Å². The molecular weight excluding hydrogens is 917 g/mol. The highest BCUT2D eigenvalue weighted by Crippen LogP contribution is 2.53. The van der Waals surface area contributed by atoms with Gasteiger partial charge in [0.25, 0.3) is 0 Å². The molecule has 7 heteroatoms. The Labute approximate surface area is 461 Å². The maximum Gasteiger partial charge on any atom is 0.237 e.